The first-order valence-corrected chi connectivity index (χ1v) is 10.8. The highest BCUT2D eigenvalue weighted by Crippen LogP contribution is 2.44. The first-order chi connectivity index (χ1) is 15.3. The van der Waals surface area contributed by atoms with Crippen molar-refractivity contribution in [2.45, 2.75) is 25.5 Å². The van der Waals surface area contributed by atoms with Crippen LogP contribution in [0.1, 0.15) is 29.0 Å². The van der Waals surface area contributed by atoms with Crippen LogP contribution in [0.2, 0.25) is 0 Å². The quantitative estimate of drug-likeness (QED) is 0.345. The van der Waals surface area contributed by atoms with Crippen molar-refractivity contribution in [3.63, 3.8) is 0 Å². The monoisotopic (exact) mass is 453 g/mol. The highest BCUT2D eigenvalue weighted by molar-refractivity contribution is 7.10. The minimum atomic E-state index is -1.04. The molecule has 1 amide bonds. The molecule has 8 heteroatoms. The van der Waals surface area contributed by atoms with Crippen LogP contribution in [0.4, 0.5) is 14.5 Å². The molecular weight excluding hydrogens is 436 g/mol. The van der Waals surface area contributed by atoms with Crippen LogP contribution in [0.15, 0.2) is 59.5 Å². The summed E-state index contributed by atoms with van der Waals surface area (Å²) in [5.74, 6) is -3.35. The van der Waals surface area contributed by atoms with E-state index in [4.69, 9.17) is 4.74 Å². The van der Waals surface area contributed by atoms with Gasteiger partial charge in [-0.3, -0.25) is 14.5 Å². The number of nitrogens with zero attached hydrogens (tertiary/aromatic N) is 1. The zero-order chi connectivity index (χ0) is 22.6. The Morgan fingerprint density at radius 1 is 1.16 bits per heavy atom. The number of ketones is 1. The molecule has 2 atom stereocenters. The van der Waals surface area contributed by atoms with E-state index >= 15 is 0 Å². The Bertz CT molecular complexity index is 1290. The van der Waals surface area contributed by atoms with E-state index in [1.54, 1.807) is 35.7 Å². The van der Waals surface area contributed by atoms with Gasteiger partial charge in [0.15, 0.2) is 0 Å². The highest BCUT2D eigenvalue weighted by atomic mass is 32.1. The van der Waals surface area contributed by atoms with Crippen molar-refractivity contribution in [2.75, 3.05) is 4.90 Å². The fourth-order valence-electron chi connectivity index (χ4n) is 4.20. The summed E-state index contributed by atoms with van der Waals surface area (Å²) in [7, 11) is 0. The van der Waals surface area contributed by atoms with Crippen molar-refractivity contribution in [3.05, 3.63) is 87.1 Å². The molecule has 2 unspecified atom stereocenters. The number of aliphatic hydroxyl groups excluding tert-OH is 1. The number of fused-ring (bicyclic) bond motifs is 1. The van der Waals surface area contributed by atoms with Gasteiger partial charge in [-0.05, 0) is 54.3 Å². The van der Waals surface area contributed by atoms with Crippen LogP contribution in [0.25, 0.3) is 5.76 Å². The standard InChI is InChI=1S/C24H17F2NO4S/c1-12-9-14-10-13(4-7-18(14)31-12)22(28)20-21(19-3-2-8-32-19)27(24(30)23(20)29)17-6-5-15(25)11-16(17)26/h2-8,10-12,21,28H,9H2,1H3/b22-20-. The third-order valence-corrected chi connectivity index (χ3v) is 6.52. The molecule has 1 saturated heterocycles. The van der Waals surface area contributed by atoms with Gasteiger partial charge in [0, 0.05) is 22.9 Å². The zero-order valence-corrected chi connectivity index (χ0v) is 17.7. The van der Waals surface area contributed by atoms with Gasteiger partial charge in [-0.15, -0.1) is 11.3 Å². The Balaban J connectivity index is 1.68. The number of benzene rings is 2. The maximum Gasteiger partial charge on any atom is 0.300 e. The fraction of sp³-hybridized carbons (Fsp3) is 0.167. The van der Waals surface area contributed by atoms with Gasteiger partial charge in [-0.2, -0.15) is 0 Å². The summed E-state index contributed by atoms with van der Waals surface area (Å²) in [4.78, 5) is 27.6. The minimum absolute atomic E-state index is 0.000506. The zero-order valence-electron chi connectivity index (χ0n) is 16.8. The smallest absolute Gasteiger partial charge is 0.300 e. The molecule has 2 aliphatic heterocycles. The summed E-state index contributed by atoms with van der Waals surface area (Å²) in [5, 5.41) is 12.9. The van der Waals surface area contributed by atoms with E-state index < -0.39 is 29.4 Å². The second-order valence-electron chi connectivity index (χ2n) is 7.74. The van der Waals surface area contributed by atoms with Gasteiger partial charge in [-0.25, -0.2) is 8.78 Å². The Kier molecular flexibility index (Phi) is 4.82. The average molecular weight is 453 g/mol. The van der Waals surface area contributed by atoms with E-state index in [-0.39, 0.29) is 23.1 Å². The second kappa shape index (κ2) is 7.56. The SMILES string of the molecule is CC1Cc2cc(/C(O)=C3/C(=O)C(=O)N(c4ccc(F)cc4F)C3c3cccs3)ccc2O1. The summed E-state index contributed by atoms with van der Waals surface area (Å²) in [6, 6.07) is 10.2. The van der Waals surface area contributed by atoms with Gasteiger partial charge in [0.2, 0.25) is 0 Å². The molecule has 0 saturated carbocycles. The van der Waals surface area contributed by atoms with Crippen LogP contribution in [0.3, 0.4) is 0 Å². The van der Waals surface area contributed by atoms with Crippen molar-refractivity contribution in [1.29, 1.82) is 0 Å². The minimum Gasteiger partial charge on any atom is -0.507 e. The molecule has 2 aromatic carbocycles. The maximum absolute atomic E-state index is 14.6. The number of anilines is 1. The molecule has 0 spiro atoms. The van der Waals surface area contributed by atoms with Crippen molar-refractivity contribution >= 4 is 34.5 Å². The molecule has 5 nitrogen and oxygen atoms in total. The molecule has 2 aliphatic rings. The Hall–Kier alpha value is -3.52. The topological polar surface area (TPSA) is 66.8 Å². The largest absolute Gasteiger partial charge is 0.507 e. The lowest BCUT2D eigenvalue weighted by Gasteiger charge is -2.24. The third kappa shape index (κ3) is 3.18. The van der Waals surface area contributed by atoms with Crippen LogP contribution < -0.4 is 9.64 Å². The Morgan fingerprint density at radius 3 is 2.69 bits per heavy atom. The Morgan fingerprint density at radius 2 is 1.97 bits per heavy atom. The highest BCUT2D eigenvalue weighted by Gasteiger charge is 2.48. The van der Waals surface area contributed by atoms with Gasteiger partial charge >= 0.3 is 0 Å². The number of hydrogen-bond acceptors (Lipinski definition) is 5. The van der Waals surface area contributed by atoms with E-state index in [1.807, 2.05) is 6.92 Å². The van der Waals surface area contributed by atoms with Gasteiger partial charge in [-0.1, -0.05) is 6.07 Å². The second-order valence-corrected chi connectivity index (χ2v) is 8.71. The first kappa shape index (κ1) is 20.4. The van der Waals surface area contributed by atoms with E-state index in [0.717, 1.165) is 22.6 Å². The molecule has 0 radical (unpaired) electrons. The predicted octanol–water partition coefficient (Wildman–Crippen LogP) is 4.98. The lowest BCUT2D eigenvalue weighted by molar-refractivity contribution is -0.132. The molecule has 3 heterocycles. The molecular formula is C24H17F2NO4S. The molecule has 0 aliphatic carbocycles. The fourth-order valence-corrected chi connectivity index (χ4v) is 5.02. The van der Waals surface area contributed by atoms with Crippen molar-refractivity contribution in [3.8, 4) is 5.75 Å². The van der Waals surface area contributed by atoms with Crippen LogP contribution in [-0.2, 0) is 16.0 Å². The van der Waals surface area contributed by atoms with Crippen LogP contribution in [0.5, 0.6) is 5.75 Å². The van der Waals surface area contributed by atoms with E-state index in [2.05, 4.69) is 0 Å². The molecule has 32 heavy (non-hydrogen) atoms. The van der Waals surface area contributed by atoms with Gasteiger partial charge < -0.3 is 9.84 Å². The predicted molar refractivity (Wildman–Crippen MR) is 116 cm³/mol. The normalized spacial score (nSPS) is 21.7. The van der Waals surface area contributed by atoms with Crippen molar-refractivity contribution < 1.29 is 28.2 Å². The molecule has 162 valence electrons. The molecule has 1 aromatic heterocycles. The van der Waals surface area contributed by atoms with Crippen LogP contribution in [0, 0.1) is 11.6 Å². The summed E-state index contributed by atoms with van der Waals surface area (Å²) in [6.07, 6.45) is 0.653. The molecule has 1 fully saturated rings. The van der Waals surface area contributed by atoms with Crippen molar-refractivity contribution in [1.82, 2.24) is 0 Å². The number of thiophene rings is 1. The summed E-state index contributed by atoms with van der Waals surface area (Å²) < 4.78 is 33.8. The van der Waals surface area contributed by atoms with Crippen molar-refractivity contribution in [2.24, 2.45) is 0 Å². The summed E-state index contributed by atoms with van der Waals surface area (Å²) in [6.45, 7) is 1.93. The lowest BCUT2D eigenvalue weighted by Crippen LogP contribution is -2.30. The number of carbonyl (C=O) groups is 2. The molecule has 0 bridgehead atoms. The number of Topliss-reactive ketones (excluding diaryl/α,β-unsaturated/α-hetero) is 1. The number of halogens is 2. The number of carbonyl (C=O) groups excluding carboxylic acids is 2. The molecule has 1 N–H and O–H groups in total. The van der Waals surface area contributed by atoms with Gasteiger partial charge in [0.1, 0.15) is 35.3 Å². The summed E-state index contributed by atoms with van der Waals surface area (Å²) >= 11 is 1.26. The number of amides is 1. The Labute approximate surface area is 186 Å². The lowest BCUT2D eigenvalue weighted by atomic mass is 9.98. The van der Waals surface area contributed by atoms with E-state index in [9.17, 15) is 23.5 Å². The molecule has 5 rings (SSSR count). The first-order valence-electron chi connectivity index (χ1n) is 9.94. The average Bonchev–Trinajstić information content (AvgIpc) is 3.46. The van der Waals surface area contributed by atoms with E-state index in [0.29, 0.717) is 28.7 Å². The number of hydrogen-bond donors (Lipinski definition) is 1. The van der Waals surface area contributed by atoms with Gasteiger partial charge in [0.05, 0.1) is 11.3 Å². The summed E-state index contributed by atoms with van der Waals surface area (Å²) in [5.41, 5.74) is 0.865. The number of aliphatic hydroxyl groups is 1. The van der Waals surface area contributed by atoms with Crippen LogP contribution in [-0.4, -0.2) is 22.9 Å². The van der Waals surface area contributed by atoms with Crippen LogP contribution >= 0.6 is 11.3 Å². The number of rotatable bonds is 3. The third-order valence-electron chi connectivity index (χ3n) is 5.60. The van der Waals surface area contributed by atoms with E-state index in [1.165, 1.54) is 11.3 Å². The maximum atomic E-state index is 14.6. The number of ether oxygens (including phenoxy) is 1. The molecule has 3 aromatic rings. The van der Waals surface area contributed by atoms with Gasteiger partial charge in [0.25, 0.3) is 11.7 Å².